The third-order valence-corrected chi connectivity index (χ3v) is 1.93. The number of morpholine rings is 1. The fourth-order valence-corrected chi connectivity index (χ4v) is 1.20. The van der Waals surface area contributed by atoms with Crippen LogP contribution in [0.3, 0.4) is 0 Å². The van der Waals surface area contributed by atoms with Crippen LogP contribution in [0, 0.1) is 0 Å². The number of hydrogen-bond donors (Lipinski definition) is 1. The van der Waals surface area contributed by atoms with Crippen LogP contribution in [0.1, 0.15) is 0 Å². The molecule has 0 amide bonds. The summed E-state index contributed by atoms with van der Waals surface area (Å²) in [7, 11) is 0. The summed E-state index contributed by atoms with van der Waals surface area (Å²) in [5, 5.41) is 8.44. The summed E-state index contributed by atoms with van der Waals surface area (Å²) >= 11 is 5.00. The Morgan fingerprint density at radius 2 is 2.09 bits per heavy atom. The second-order valence-electron chi connectivity index (χ2n) is 2.25. The molecular weight excluding hydrogens is 162 g/mol. The van der Waals surface area contributed by atoms with Crippen molar-refractivity contribution in [2.75, 3.05) is 26.3 Å². The Morgan fingerprint density at radius 3 is 2.64 bits per heavy atom. The Hall–Kier alpha value is -0.610. The van der Waals surface area contributed by atoms with Gasteiger partial charge in [0.2, 0.25) is 0 Å². The lowest BCUT2D eigenvalue weighted by molar-refractivity contribution is 0.0694. The maximum Gasteiger partial charge on any atom is 0.105 e. The van der Waals surface area contributed by atoms with Crippen molar-refractivity contribution in [3.8, 4) is 0 Å². The summed E-state index contributed by atoms with van der Waals surface area (Å²) < 4.78 is 5.14. The van der Waals surface area contributed by atoms with Gasteiger partial charge < -0.3 is 14.7 Å². The molecule has 0 aromatic carbocycles. The Labute approximate surface area is 71.3 Å². The van der Waals surface area contributed by atoms with Crippen molar-refractivity contribution in [1.82, 2.24) is 4.90 Å². The van der Waals surface area contributed by atoms with Gasteiger partial charge in [-0.15, -0.1) is 0 Å². The second kappa shape index (κ2) is 4.31. The number of rotatable bonds is 1. The largest absolute Gasteiger partial charge is 0.515 e. The van der Waals surface area contributed by atoms with Crippen molar-refractivity contribution in [1.29, 1.82) is 0 Å². The maximum absolute atomic E-state index is 8.44. The van der Waals surface area contributed by atoms with E-state index in [0.717, 1.165) is 32.6 Å². The molecule has 1 N–H and O–H groups in total. The van der Waals surface area contributed by atoms with Gasteiger partial charge in [-0.25, -0.2) is 0 Å². The summed E-state index contributed by atoms with van der Waals surface area (Å²) in [6.45, 7) is 3.09. The van der Waals surface area contributed by atoms with E-state index in [1.807, 2.05) is 4.90 Å². The standard InChI is InChI=1S/C7H11NO2S/c9-4-1-7(11)8-2-5-10-6-3-8/h1,4,9H,2-3,5-6H2/b4-1-. The van der Waals surface area contributed by atoms with E-state index < -0.39 is 0 Å². The fraction of sp³-hybridized carbons (Fsp3) is 0.571. The van der Waals surface area contributed by atoms with Crippen LogP contribution in [0.25, 0.3) is 0 Å². The molecule has 1 fully saturated rings. The second-order valence-corrected chi connectivity index (χ2v) is 2.67. The SMILES string of the molecule is O/C=C\C(=S)N1CCOCC1. The van der Waals surface area contributed by atoms with E-state index in [0.29, 0.717) is 4.99 Å². The lowest BCUT2D eigenvalue weighted by atomic mass is 10.4. The van der Waals surface area contributed by atoms with Crippen LogP contribution in [0.2, 0.25) is 0 Å². The molecule has 0 aliphatic carbocycles. The van der Waals surface area contributed by atoms with Gasteiger partial charge in [-0.3, -0.25) is 0 Å². The van der Waals surface area contributed by atoms with Gasteiger partial charge in [0.15, 0.2) is 0 Å². The number of thiocarbonyl (C=S) groups is 1. The number of aliphatic hydroxyl groups excluding tert-OH is 1. The molecule has 0 atom stereocenters. The molecule has 0 bridgehead atoms. The summed E-state index contributed by atoms with van der Waals surface area (Å²) in [6, 6.07) is 0. The Balaban J connectivity index is 2.38. The molecule has 4 heteroatoms. The van der Waals surface area contributed by atoms with Crippen LogP contribution in [-0.2, 0) is 4.74 Å². The van der Waals surface area contributed by atoms with Crippen LogP contribution in [0.15, 0.2) is 12.3 Å². The molecule has 1 aliphatic heterocycles. The highest BCUT2D eigenvalue weighted by molar-refractivity contribution is 7.80. The molecule has 62 valence electrons. The zero-order valence-electron chi connectivity index (χ0n) is 6.19. The molecule has 0 unspecified atom stereocenters. The van der Waals surface area contributed by atoms with E-state index in [4.69, 9.17) is 22.1 Å². The summed E-state index contributed by atoms with van der Waals surface area (Å²) in [4.78, 5) is 2.68. The molecular formula is C7H11NO2S. The van der Waals surface area contributed by atoms with Crippen LogP contribution in [0.5, 0.6) is 0 Å². The lowest BCUT2D eigenvalue weighted by Gasteiger charge is -2.27. The van der Waals surface area contributed by atoms with Gasteiger partial charge in [-0.2, -0.15) is 0 Å². The minimum atomic E-state index is 0.677. The van der Waals surface area contributed by atoms with Crippen molar-refractivity contribution < 1.29 is 9.84 Å². The molecule has 0 radical (unpaired) electrons. The minimum Gasteiger partial charge on any atom is -0.515 e. The molecule has 0 spiro atoms. The monoisotopic (exact) mass is 173 g/mol. The van der Waals surface area contributed by atoms with E-state index >= 15 is 0 Å². The molecule has 0 aromatic rings. The first kappa shape index (κ1) is 8.49. The molecule has 1 heterocycles. The van der Waals surface area contributed by atoms with E-state index in [1.165, 1.54) is 6.08 Å². The van der Waals surface area contributed by atoms with Gasteiger partial charge in [0.1, 0.15) is 4.99 Å². The predicted octanol–water partition coefficient (Wildman–Crippen LogP) is 0.718. The van der Waals surface area contributed by atoms with Crippen molar-refractivity contribution in [2.45, 2.75) is 0 Å². The molecule has 1 aliphatic rings. The summed E-state index contributed by atoms with van der Waals surface area (Å²) in [5.41, 5.74) is 0. The minimum absolute atomic E-state index is 0.677. The zero-order valence-corrected chi connectivity index (χ0v) is 7.01. The van der Waals surface area contributed by atoms with Gasteiger partial charge in [-0.1, -0.05) is 12.2 Å². The maximum atomic E-state index is 8.44. The van der Waals surface area contributed by atoms with E-state index in [-0.39, 0.29) is 0 Å². The summed E-state index contributed by atoms with van der Waals surface area (Å²) in [5.74, 6) is 0. The van der Waals surface area contributed by atoms with Crippen molar-refractivity contribution in [2.24, 2.45) is 0 Å². The van der Waals surface area contributed by atoms with Crippen LogP contribution >= 0.6 is 12.2 Å². The van der Waals surface area contributed by atoms with Gasteiger partial charge in [0, 0.05) is 19.2 Å². The van der Waals surface area contributed by atoms with Crippen LogP contribution in [0.4, 0.5) is 0 Å². The normalized spacial score (nSPS) is 19.1. The van der Waals surface area contributed by atoms with Gasteiger partial charge in [-0.05, 0) is 0 Å². The Bertz CT molecular complexity index is 164. The quantitative estimate of drug-likeness (QED) is 0.360. The fourth-order valence-electron chi connectivity index (χ4n) is 0.953. The lowest BCUT2D eigenvalue weighted by Crippen LogP contribution is -2.38. The topological polar surface area (TPSA) is 32.7 Å². The third kappa shape index (κ3) is 2.48. The highest BCUT2D eigenvalue weighted by Gasteiger charge is 2.10. The van der Waals surface area contributed by atoms with E-state index in [2.05, 4.69) is 0 Å². The molecule has 1 rings (SSSR count). The van der Waals surface area contributed by atoms with Crippen molar-refractivity contribution >= 4 is 17.2 Å². The average molecular weight is 173 g/mol. The Morgan fingerprint density at radius 1 is 1.45 bits per heavy atom. The first-order valence-corrected chi connectivity index (χ1v) is 3.93. The predicted molar refractivity (Wildman–Crippen MR) is 46.8 cm³/mol. The van der Waals surface area contributed by atoms with E-state index in [1.54, 1.807) is 0 Å². The van der Waals surface area contributed by atoms with Crippen molar-refractivity contribution in [3.05, 3.63) is 12.3 Å². The molecule has 11 heavy (non-hydrogen) atoms. The average Bonchev–Trinajstić information content (AvgIpc) is 2.07. The molecule has 1 saturated heterocycles. The smallest absolute Gasteiger partial charge is 0.105 e. The van der Waals surface area contributed by atoms with Gasteiger partial charge in [0.05, 0.1) is 19.5 Å². The molecule has 0 aromatic heterocycles. The highest BCUT2D eigenvalue weighted by Crippen LogP contribution is 1.99. The zero-order chi connectivity index (χ0) is 8.10. The number of nitrogens with zero attached hydrogens (tertiary/aromatic N) is 1. The number of ether oxygens (including phenoxy) is 1. The summed E-state index contributed by atoms with van der Waals surface area (Å²) in [6.07, 6.45) is 2.48. The third-order valence-electron chi connectivity index (χ3n) is 1.54. The number of hydrogen-bond acceptors (Lipinski definition) is 3. The van der Waals surface area contributed by atoms with Crippen LogP contribution < -0.4 is 0 Å². The molecule has 0 saturated carbocycles. The molecule has 3 nitrogen and oxygen atoms in total. The van der Waals surface area contributed by atoms with Gasteiger partial charge >= 0.3 is 0 Å². The number of aliphatic hydroxyl groups is 1. The first-order valence-electron chi connectivity index (χ1n) is 3.52. The highest BCUT2D eigenvalue weighted by atomic mass is 32.1. The first-order chi connectivity index (χ1) is 5.34. The van der Waals surface area contributed by atoms with Crippen LogP contribution in [-0.4, -0.2) is 41.3 Å². The van der Waals surface area contributed by atoms with Gasteiger partial charge in [0.25, 0.3) is 0 Å². The Kier molecular flexibility index (Phi) is 3.32. The van der Waals surface area contributed by atoms with Crippen molar-refractivity contribution in [3.63, 3.8) is 0 Å². The van der Waals surface area contributed by atoms with E-state index in [9.17, 15) is 0 Å².